The molecule has 0 aliphatic carbocycles. The normalized spacial score (nSPS) is 9.71. The van der Waals surface area contributed by atoms with Crippen LogP contribution >= 0.6 is 0 Å². The Morgan fingerprint density at radius 3 is 2.59 bits per heavy atom. The standard InChI is InChI=1S/C12H10F2N2O/c13-12(14)17-11-5-1-3-9(4-2-7-15)10(11)6-8-16/h1,3,5,12H,2,4,6H2. The van der Waals surface area contributed by atoms with Crippen LogP contribution in [0.1, 0.15) is 17.5 Å². The lowest BCUT2D eigenvalue weighted by Crippen LogP contribution is -2.06. The van der Waals surface area contributed by atoms with Gasteiger partial charge in [-0.3, -0.25) is 0 Å². The van der Waals surface area contributed by atoms with Crippen LogP contribution in [0.3, 0.4) is 0 Å². The molecule has 1 aromatic carbocycles. The number of alkyl halides is 2. The molecule has 0 fully saturated rings. The highest BCUT2D eigenvalue weighted by molar-refractivity contribution is 5.42. The summed E-state index contributed by atoms with van der Waals surface area (Å²) in [7, 11) is 0. The van der Waals surface area contributed by atoms with E-state index < -0.39 is 6.61 Å². The van der Waals surface area contributed by atoms with E-state index in [1.165, 1.54) is 6.07 Å². The first kappa shape index (κ1) is 12.9. The average Bonchev–Trinajstić information content (AvgIpc) is 2.29. The van der Waals surface area contributed by atoms with Crippen LogP contribution in [0.5, 0.6) is 5.75 Å². The van der Waals surface area contributed by atoms with Crippen LogP contribution in [0.25, 0.3) is 0 Å². The summed E-state index contributed by atoms with van der Waals surface area (Å²) in [5.74, 6) is 0.0111. The van der Waals surface area contributed by atoms with Crippen LogP contribution in [0, 0.1) is 22.7 Å². The van der Waals surface area contributed by atoms with E-state index in [0.29, 0.717) is 17.5 Å². The molecule has 0 atom stereocenters. The first-order valence-electron chi connectivity index (χ1n) is 4.98. The van der Waals surface area contributed by atoms with Crippen molar-refractivity contribution in [1.29, 1.82) is 10.5 Å². The molecule has 0 aliphatic heterocycles. The Bertz CT molecular complexity index is 461. The number of hydrogen-bond donors (Lipinski definition) is 0. The van der Waals surface area contributed by atoms with Gasteiger partial charge in [0, 0.05) is 12.0 Å². The average molecular weight is 236 g/mol. The van der Waals surface area contributed by atoms with Gasteiger partial charge in [0.1, 0.15) is 5.75 Å². The molecule has 0 aliphatic rings. The van der Waals surface area contributed by atoms with Crippen LogP contribution in [-0.2, 0) is 12.8 Å². The SMILES string of the molecule is N#CCCc1cccc(OC(F)F)c1CC#N. The Kier molecular flexibility index (Phi) is 4.90. The quantitative estimate of drug-likeness (QED) is 0.789. The van der Waals surface area contributed by atoms with Crippen molar-refractivity contribution in [2.75, 3.05) is 0 Å². The maximum absolute atomic E-state index is 12.2. The second-order valence-electron chi connectivity index (χ2n) is 3.27. The predicted molar refractivity (Wildman–Crippen MR) is 56.3 cm³/mol. The maximum Gasteiger partial charge on any atom is 0.387 e. The third-order valence-electron chi connectivity index (χ3n) is 2.21. The maximum atomic E-state index is 12.2. The van der Waals surface area contributed by atoms with Crippen LogP contribution in [0.15, 0.2) is 18.2 Å². The van der Waals surface area contributed by atoms with Gasteiger partial charge in [-0.25, -0.2) is 0 Å². The molecule has 88 valence electrons. The van der Waals surface area contributed by atoms with Gasteiger partial charge < -0.3 is 4.74 Å². The van der Waals surface area contributed by atoms with Gasteiger partial charge in [-0.15, -0.1) is 0 Å². The fourth-order valence-electron chi connectivity index (χ4n) is 1.52. The van der Waals surface area contributed by atoms with Gasteiger partial charge in [-0.1, -0.05) is 12.1 Å². The number of hydrogen-bond acceptors (Lipinski definition) is 3. The molecule has 17 heavy (non-hydrogen) atoms. The molecule has 0 saturated heterocycles. The molecule has 5 heteroatoms. The smallest absolute Gasteiger partial charge is 0.387 e. The molecular formula is C12H10F2N2O. The highest BCUT2D eigenvalue weighted by Crippen LogP contribution is 2.25. The van der Waals surface area contributed by atoms with E-state index in [2.05, 4.69) is 4.74 Å². The topological polar surface area (TPSA) is 56.8 Å². The molecule has 0 aromatic heterocycles. The van der Waals surface area contributed by atoms with Gasteiger partial charge in [0.05, 0.1) is 18.6 Å². The highest BCUT2D eigenvalue weighted by atomic mass is 19.3. The Morgan fingerprint density at radius 1 is 1.24 bits per heavy atom. The Morgan fingerprint density at radius 2 is 2.00 bits per heavy atom. The van der Waals surface area contributed by atoms with Crippen LogP contribution in [-0.4, -0.2) is 6.61 Å². The Hall–Kier alpha value is -2.14. The summed E-state index contributed by atoms with van der Waals surface area (Å²) in [6.45, 7) is -2.92. The molecule has 0 heterocycles. The number of nitrogens with zero attached hydrogens (tertiary/aromatic N) is 2. The third kappa shape index (κ3) is 3.73. The molecule has 1 rings (SSSR count). The molecule has 3 nitrogen and oxygen atoms in total. The van der Waals surface area contributed by atoms with Gasteiger partial charge in [-0.05, 0) is 18.1 Å². The fourth-order valence-corrected chi connectivity index (χ4v) is 1.52. The summed E-state index contributed by atoms with van der Waals surface area (Å²) in [5.41, 5.74) is 1.14. The minimum absolute atomic E-state index is 0.0103. The predicted octanol–water partition coefficient (Wildman–Crippen LogP) is 2.81. The first-order chi connectivity index (χ1) is 8.19. The molecule has 0 radical (unpaired) electrons. The van der Waals surface area contributed by atoms with E-state index in [1.807, 2.05) is 12.1 Å². The lowest BCUT2D eigenvalue weighted by molar-refractivity contribution is -0.0504. The van der Waals surface area contributed by atoms with E-state index in [9.17, 15) is 8.78 Å². The molecule has 0 amide bonds. The summed E-state index contributed by atoms with van der Waals surface area (Å²) in [5, 5.41) is 17.2. The Labute approximate surface area is 97.9 Å². The van der Waals surface area contributed by atoms with Gasteiger partial charge in [0.25, 0.3) is 0 Å². The number of halogens is 2. The van der Waals surface area contributed by atoms with Crippen LogP contribution in [0.4, 0.5) is 8.78 Å². The van der Waals surface area contributed by atoms with Crippen molar-refractivity contribution in [3.8, 4) is 17.9 Å². The number of ether oxygens (including phenoxy) is 1. The van der Waals surface area contributed by atoms with Crippen molar-refractivity contribution in [2.24, 2.45) is 0 Å². The van der Waals surface area contributed by atoms with E-state index in [-0.39, 0.29) is 18.6 Å². The van der Waals surface area contributed by atoms with E-state index in [4.69, 9.17) is 10.5 Å². The lowest BCUT2D eigenvalue weighted by atomic mass is 10.00. The Balaban J connectivity index is 3.04. The summed E-state index contributed by atoms with van der Waals surface area (Å²) < 4.78 is 28.7. The van der Waals surface area contributed by atoms with E-state index >= 15 is 0 Å². The van der Waals surface area contributed by atoms with E-state index in [1.54, 1.807) is 12.1 Å². The van der Waals surface area contributed by atoms with Gasteiger partial charge in [-0.2, -0.15) is 19.3 Å². The number of benzene rings is 1. The largest absolute Gasteiger partial charge is 0.434 e. The molecule has 0 unspecified atom stereocenters. The minimum Gasteiger partial charge on any atom is -0.434 e. The van der Waals surface area contributed by atoms with Crippen molar-refractivity contribution in [2.45, 2.75) is 25.9 Å². The number of nitriles is 2. The monoisotopic (exact) mass is 236 g/mol. The number of rotatable bonds is 5. The highest BCUT2D eigenvalue weighted by Gasteiger charge is 2.12. The zero-order valence-electron chi connectivity index (χ0n) is 8.99. The van der Waals surface area contributed by atoms with Gasteiger partial charge in [0.15, 0.2) is 0 Å². The summed E-state index contributed by atoms with van der Waals surface area (Å²) >= 11 is 0. The molecule has 0 saturated carbocycles. The van der Waals surface area contributed by atoms with Crippen LogP contribution < -0.4 is 4.74 Å². The molecular weight excluding hydrogens is 226 g/mol. The van der Waals surface area contributed by atoms with Gasteiger partial charge in [0.2, 0.25) is 0 Å². The van der Waals surface area contributed by atoms with Crippen LogP contribution in [0.2, 0.25) is 0 Å². The third-order valence-corrected chi connectivity index (χ3v) is 2.21. The van der Waals surface area contributed by atoms with Crippen molar-refractivity contribution in [3.63, 3.8) is 0 Å². The summed E-state index contributed by atoms with van der Waals surface area (Å²) in [4.78, 5) is 0. The second-order valence-corrected chi connectivity index (χ2v) is 3.27. The van der Waals surface area contributed by atoms with Crippen molar-refractivity contribution in [1.82, 2.24) is 0 Å². The first-order valence-corrected chi connectivity index (χ1v) is 4.98. The summed E-state index contributed by atoms with van der Waals surface area (Å²) in [6.07, 6.45) is 0.689. The number of aryl methyl sites for hydroxylation is 1. The molecule has 1 aromatic rings. The second kappa shape index (κ2) is 6.44. The van der Waals surface area contributed by atoms with Gasteiger partial charge >= 0.3 is 6.61 Å². The fraction of sp³-hybridized carbons (Fsp3) is 0.333. The zero-order valence-corrected chi connectivity index (χ0v) is 8.99. The zero-order chi connectivity index (χ0) is 12.7. The summed E-state index contributed by atoms with van der Waals surface area (Å²) in [6, 6.07) is 8.56. The molecule has 0 spiro atoms. The molecule has 0 bridgehead atoms. The van der Waals surface area contributed by atoms with E-state index in [0.717, 1.165) is 0 Å². The van der Waals surface area contributed by atoms with Crippen molar-refractivity contribution >= 4 is 0 Å². The van der Waals surface area contributed by atoms with Crippen molar-refractivity contribution in [3.05, 3.63) is 29.3 Å². The minimum atomic E-state index is -2.92. The molecule has 0 N–H and O–H groups in total. The lowest BCUT2D eigenvalue weighted by Gasteiger charge is -2.12. The van der Waals surface area contributed by atoms with Crippen molar-refractivity contribution < 1.29 is 13.5 Å².